The van der Waals surface area contributed by atoms with Crippen molar-refractivity contribution in [1.29, 1.82) is 0 Å². The first kappa shape index (κ1) is 12.1. The lowest BCUT2D eigenvalue weighted by Crippen LogP contribution is -1.99. The molecule has 0 spiro atoms. The Bertz CT molecular complexity index is 409. The zero-order chi connectivity index (χ0) is 12.3. The van der Waals surface area contributed by atoms with Crippen LogP contribution in [-0.2, 0) is 9.47 Å². The average Bonchev–Trinajstić information content (AvgIpc) is 2.82. The second kappa shape index (κ2) is 5.32. The van der Waals surface area contributed by atoms with E-state index in [0.717, 1.165) is 25.0 Å². The number of benzene rings is 1. The van der Waals surface area contributed by atoms with Crippen LogP contribution in [0.1, 0.15) is 37.0 Å². The molecule has 2 rings (SSSR count). The quantitative estimate of drug-likeness (QED) is 0.742. The van der Waals surface area contributed by atoms with Gasteiger partial charge in [0.25, 0.3) is 0 Å². The minimum absolute atomic E-state index is 0.0407. The zero-order valence-corrected chi connectivity index (χ0v) is 10.0. The molecule has 0 unspecified atom stereocenters. The Labute approximate surface area is 101 Å². The number of hydrogen-bond acceptors (Lipinski definition) is 2. The molecule has 1 heterocycles. The molecule has 1 atom stereocenters. The minimum Gasteiger partial charge on any atom is -0.494 e. The van der Waals surface area contributed by atoms with E-state index in [1.807, 2.05) is 13.0 Å². The Morgan fingerprint density at radius 1 is 1.59 bits per heavy atom. The lowest BCUT2D eigenvalue weighted by Gasteiger charge is -2.12. The van der Waals surface area contributed by atoms with E-state index in [1.165, 1.54) is 6.07 Å². The summed E-state index contributed by atoms with van der Waals surface area (Å²) in [6.07, 6.45) is 2.05. The fraction of sp³-hybridized carbons (Fsp3) is 0.429. The molecule has 1 aliphatic heterocycles. The van der Waals surface area contributed by atoms with E-state index in [2.05, 4.69) is 6.58 Å². The zero-order valence-electron chi connectivity index (χ0n) is 10.0. The van der Waals surface area contributed by atoms with Crippen molar-refractivity contribution < 1.29 is 13.9 Å². The van der Waals surface area contributed by atoms with E-state index in [9.17, 15) is 4.39 Å². The standard InChI is InChI=1S/C14H17FO2/c1-3-16-10(2)12-7-6-11(9-13(12)15)14-5-4-8-17-14/h6-7,9,14H,2-5,8H2,1H3/t14-/m1/s1. The van der Waals surface area contributed by atoms with Crippen molar-refractivity contribution in [2.75, 3.05) is 13.2 Å². The van der Waals surface area contributed by atoms with Crippen LogP contribution in [0.4, 0.5) is 4.39 Å². The van der Waals surface area contributed by atoms with Crippen LogP contribution in [0.15, 0.2) is 24.8 Å². The van der Waals surface area contributed by atoms with Gasteiger partial charge in [0.15, 0.2) is 0 Å². The van der Waals surface area contributed by atoms with E-state index in [1.54, 1.807) is 6.07 Å². The molecule has 1 aromatic carbocycles. The van der Waals surface area contributed by atoms with Gasteiger partial charge >= 0.3 is 0 Å². The van der Waals surface area contributed by atoms with Crippen LogP contribution in [0, 0.1) is 5.82 Å². The van der Waals surface area contributed by atoms with Gasteiger partial charge in [-0.05, 0) is 37.5 Å². The highest BCUT2D eigenvalue weighted by atomic mass is 19.1. The summed E-state index contributed by atoms with van der Waals surface area (Å²) < 4.78 is 24.6. The van der Waals surface area contributed by atoms with Crippen LogP contribution < -0.4 is 0 Å². The summed E-state index contributed by atoms with van der Waals surface area (Å²) in [4.78, 5) is 0. The van der Waals surface area contributed by atoms with Gasteiger partial charge in [-0.3, -0.25) is 0 Å². The van der Waals surface area contributed by atoms with Crippen molar-refractivity contribution in [2.24, 2.45) is 0 Å². The largest absolute Gasteiger partial charge is 0.494 e. The van der Waals surface area contributed by atoms with E-state index in [0.29, 0.717) is 17.9 Å². The van der Waals surface area contributed by atoms with Crippen molar-refractivity contribution in [3.8, 4) is 0 Å². The normalized spacial score (nSPS) is 19.3. The third kappa shape index (κ3) is 2.67. The van der Waals surface area contributed by atoms with E-state index in [4.69, 9.17) is 9.47 Å². The number of halogens is 1. The van der Waals surface area contributed by atoms with Gasteiger partial charge in [-0.2, -0.15) is 0 Å². The lowest BCUT2D eigenvalue weighted by atomic mass is 10.0. The first-order chi connectivity index (χ1) is 8.22. The highest BCUT2D eigenvalue weighted by Gasteiger charge is 2.19. The molecule has 3 heteroatoms. The van der Waals surface area contributed by atoms with Gasteiger partial charge in [-0.1, -0.05) is 12.6 Å². The molecule has 1 fully saturated rings. The van der Waals surface area contributed by atoms with Crippen molar-refractivity contribution >= 4 is 5.76 Å². The summed E-state index contributed by atoms with van der Waals surface area (Å²) in [6, 6.07) is 5.12. The van der Waals surface area contributed by atoms with Crippen LogP contribution >= 0.6 is 0 Å². The molecule has 1 aromatic rings. The van der Waals surface area contributed by atoms with Gasteiger partial charge in [0, 0.05) is 6.61 Å². The van der Waals surface area contributed by atoms with Crippen molar-refractivity contribution in [3.05, 3.63) is 41.7 Å². The molecule has 0 N–H and O–H groups in total. The van der Waals surface area contributed by atoms with Crippen LogP contribution in [-0.4, -0.2) is 13.2 Å². The van der Waals surface area contributed by atoms with Crippen LogP contribution in [0.5, 0.6) is 0 Å². The Kier molecular flexibility index (Phi) is 3.79. The number of hydrogen-bond donors (Lipinski definition) is 0. The topological polar surface area (TPSA) is 18.5 Å². The summed E-state index contributed by atoms with van der Waals surface area (Å²) in [5, 5.41) is 0. The van der Waals surface area contributed by atoms with Crippen molar-refractivity contribution in [2.45, 2.75) is 25.9 Å². The molecule has 1 aliphatic rings. The Morgan fingerprint density at radius 3 is 3.00 bits per heavy atom. The molecule has 0 saturated carbocycles. The maximum Gasteiger partial charge on any atom is 0.134 e. The third-order valence-electron chi connectivity index (χ3n) is 2.91. The van der Waals surface area contributed by atoms with Crippen LogP contribution in [0.2, 0.25) is 0 Å². The van der Waals surface area contributed by atoms with Crippen LogP contribution in [0.25, 0.3) is 5.76 Å². The molecule has 0 aromatic heterocycles. The van der Waals surface area contributed by atoms with Gasteiger partial charge in [0.1, 0.15) is 11.6 Å². The van der Waals surface area contributed by atoms with Gasteiger partial charge in [-0.15, -0.1) is 0 Å². The Balaban J connectivity index is 2.19. The molecule has 0 aliphatic carbocycles. The first-order valence-corrected chi connectivity index (χ1v) is 5.95. The van der Waals surface area contributed by atoms with Crippen molar-refractivity contribution in [1.82, 2.24) is 0 Å². The first-order valence-electron chi connectivity index (χ1n) is 5.95. The minimum atomic E-state index is -0.295. The average molecular weight is 236 g/mol. The Morgan fingerprint density at radius 2 is 2.41 bits per heavy atom. The molecule has 2 nitrogen and oxygen atoms in total. The highest BCUT2D eigenvalue weighted by molar-refractivity contribution is 5.58. The summed E-state index contributed by atoms with van der Waals surface area (Å²) >= 11 is 0. The molecule has 0 amide bonds. The van der Waals surface area contributed by atoms with Gasteiger partial charge < -0.3 is 9.47 Å². The predicted molar refractivity (Wildman–Crippen MR) is 65.0 cm³/mol. The summed E-state index contributed by atoms with van der Waals surface area (Å²) in [6.45, 7) is 6.82. The summed E-state index contributed by atoms with van der Waals surface area (Å²) in [5.74, 6) is 0.0836. The lowest BCUT2D eigenvalue weighted by molar-refractivity contribution is 0.111. The molecule has 92 valence electrons. The smallest absolute Gasteiger partial charge is 0.134 e. The molecule has 1 saturated heterocycles. The molecule has 17 heavy (non-hydrogen) atoms. The molecular weight excluding hydrogens is 219 g/mol. The number of ether oxygens (including phenoxy) is 2. The Hall–Kier alpha value is -1.35. The maximum absolute atomic E-state index is 13.9. The number of rotatable bonds is 4. The van der Waals surface area contributed by atoms with Crippen molar-refractivity contribution in [3.63, 3.8) is 0 Å². The van der Waals surface area contributed by atoms with E-state index < -0.39 is 0 Å². The monoisotopic (exact) mass is 236 g/mol. The van der Waals surface area contributed by atoms with E-state index >= 15 is 0 Å². The predicted octanol–water partition coefficient (Wildman–Crippen LogP) is 3.68. The fourth-order valence-corrected chi connectivity index (χ4v) is 2.05. The maximum atomic E-state index is 13.9. The second-order valence-electron chi connectivity index (χ2n) is 4.10. The second-order valence-corrected chi connectivity index (χ2v) is 4.10. The van der Waals surface area contributed by atoms with Gasteiger partial charge in [0.2, 0.25) is 0 Å². The SMILES string of the molecule is C=C(OCC)c1ccc([C@H]2CCCO2)cc1F. The summed E-state index contributed by atoms with van der Waals surface area (Å²) in [5.41, 5.74) is 1.32. The molecular formula is C14H17FO2. The van der Waals surface area contributed by atoms with E-state index in [-0.39, 0.29) is 11.9 Å². The fourth-order valence-electron chi connectivity index (χ4n) is 2.05. The summed E-state index contributed by atoms with van der Waals surface area (Å²) in [7, 11) is 0. The molecule has 0 radical (unpaired) electrons. The molecule has 0 bridgehead atoms. The third-order valence-corrected chi connectivity index (χ3v) is 2.91. The van der Waals surface area contributed by atoms with Crippen LogP contribution in [0.3, 0.4) is 0 Å². The van der Waals surface area contributed by atoms with Gasteiger partial charge in [-0.25, -0.2) is 4.39 Å². The highest BCUT2D eigenvalue weighted by Crippen LogP contribution is 2.30. The van der Waals surface area contributed by atoms with Gasteiger partial charge in [0.05, 0.1) is 18.3 Å².